The van der Waals surface area contributed by atoms with Crippen molar-refractivity contribution in [2.24, 2.45) is 5.92 Å². The van der Waals surface area contributed by atoms with Crippen LogP contribution in [0.15, 0.2) is 0 Å². The standard InChI is InChI=1S/C13H24N2O3/c1-14(9-11-3-2-4-12(11)16)10-13(17)15-5-7-18-8-6-15/h11-12,16H,2-10H2,1H3. The molecule has 0 aromatic rings. The Labute approximate surface area is 109 Å². The number of carbonyl (C=O) groups is 1. The number of nitrogens with zero attached hydrogens (tertiary/aromatic N) is 2. The molecular formula is C13H24N2O3. The van der Waals surface area contributed by atoms with Gasteiger partial charge in [-0.3, -0.25) is 9.69 Å². The minimum Gasteiger partial charge on any atom is -0.393 e. The molecule has 0 bridgehead atoms. The number of amides is 1. The first-order valence-corrected chi connectivity index (χ1v) is 6.89. The van der Waals surface area contributed by atoms with Crippen molar-refractivity contribution in [2.75, 3.05) is 46.4 Å². The van der Waals surface area contributed by atoms with Gasteiger partial charge in [-0.2, -0.15) is 0 Å². The van der Waals surface area contributed by atoms with Crippen molar-refractivity contribution in [3.8, 4) is 0 Å². The van der Waals surface area contributed by atoms with Gasteiger partial charge in [0, 0.05) is 19.6 Å². The molecule has 104 valence electrons. The second-order valence-electron chi connectivity index (χ2n) is 5.45. The van der Waals surface area contributed by atoms with E-state index in [2.05, 4.69) is 0 Å². The Bertz CT molecular complexity index is 279. The number of carbonyl (C=O) groups excluding carboxylic acids is 1. The second kappa shape index (κ2) is 6.50. The smallest absolute Gasteiger partial charge is 0.236 e. The normalized spacial score (nSPS) is 28.9. The van der Waals surface area contributed by atoms with E-state index < -0.39 is 0 Å². The van der Waals surface area contributed by atoms with E-state index in [1.54, 1.807) is 0 Å². The molecule has 2 atom stereocenters. The Hall–Kier alpha value is -0.650. The quantitative estimate of drug-likeness (QED) is 0.765. The van der Waals surface area contributed by atoms with Gasteiger partial charge in [-0.1, -0.05) is 6.42 Å². The molecule has 5 nitrogen and oxygen atoms in total. The van der Waals surface area contributed by atoms with Crippen LogP contribution in [0.25, 0.3) is 0 Å². The van der Waals surface area contributed by atoms with E-state index in [-0.39, 0.29) is 12.0 Å². The van der Waals surface area contributed by atoms with Gasteiger partial charge in [0.15, 0.2) is 0 Å². The molecule has 5 heteroatoms. The van der Waals surface area contributed by atoms with Gasteiger partial charge in [-0.25, -0.2) is 0 Å². The lowest BCUT2D eigenvalue weighted by Gasteiger charge is -2.29. The lowest BCUT2D eigenvalue weighted by Crippen LogP contribution is -2.46. The van der Waals surface area contributed by atoms with Crippen LogP contribution in [-0.2, 0) is 9.53 Å². The van der Waals surface area contributed by atoms with Crippen molar-refractivity contribution >= 4 is 5.91 Å². The van der Waals surface area contributed by atoms with Crippen molar-refractivity contribution in [1.29, 1.82) is 0 Å². The molecule has 1 amide bonds. The maximum atomic E-state index is 12.0. The highest BCUT2D eigenvalue weighted by atomic mass is 16.5. The molecule has 2 aliphatic rings. The largest absolute Gasteiger partial charge is 0.393 e. The summed E-state index contributed by atoms with van der Waals surface area (Å²) >= 11 is 0. The van der Waals surface area contributed by atoms with Gasteiger partial charge in [-0.05, 0) is 25.8 Å². The number of hydrogen-bond donors (Lipinski definition) is 1. The summed E-state index contributed by atoms with van der Waals surface area (Å²) in [5, 5.41) is 9.78. The number of rotatable bonds is 4. The van der Waals surface area contributed by atoms with E-state index in [1.807, 2.05) is 16.8 Å². The molecule has 2 rings (SSSR count). The number of likely N-dealkylation sites (N-methyl/N-ethyl adjacent to an activating group) is 1. The van der Waals surface area contributed by atoms with Crippen molar-refractivity contribution < 1.29 is 14.6 Å². The Morgan fingerprint density at radius 3 is 2.72 bits per heavy atom. The second-order valence-corrected chi connectivity index (χ2v) is 5.45. The molecule has 1 saturated heterocycles. The Kier molecular flexibility index (Phi) is 4.97. The van der Waals surface area contributed by atoms with Gasteiger partial charge >= 0.3 is 0 Å². The van der Waals surface area contributed by atoms with Crippen LogP contribution >= 0.6 is 0 Å². The molecule has 1 N–H and O–H groups in total. The zero-order chi connectivity index (χ0) is 13.0. The molecule has 0 spiro atoms. The first-order chi connectivity index (χ1) is 8.66. The minimum absolute atomic E-state index is 0.174. The summed E-state index contributed by atoms with van der Waals surface area (Å²) in [4.78, 5) is 15.9. The van der Waals surface area contributed by atoms with Gasteiger partial charge in [0.2, 0.25) is 5.91 Å². The van der Waals surface area contributed by atoms with E-state index in [9.17, 15) is 9.90 Å². The highest BCUT2D eigenvalue weighted by Crippen LogP contribution is 2.25. The summed E-state index contributed by atoms with van der Waals surface area (Å²) < 4.78 is 5.24. The van der Waals surface area contributed by atoms with Crippen LogP contribution in [0.4, 0.5) is 0 Å². The topological polar surface area (TPSA) is 53.0 Å². The lowest BCUT2D eigenvalue weighted by atomic mass is 10.1. The fraction of sp³-hybridized carbons (Fsp3) is 0.923. The SMILES string of the molecule is CN(CC(=O)N1CCOCC1)CC1CCCC1O. The van der Waals surface area contributed by atoms with Crippen LogP contribution in [0.3, 0.4) is 0 Å². The molecule has 0 aromatic carbocycles. The fourth-order valence-corrected chi connectivity index (χ4v) is 2.84. The van der Waals surface area contributed by atoms with Crippen LogP contribution in [0, 0.1) is 5.92 Å². The molecule has 1 saturated carbocycles. The first kappa shape index (κ1) is 13.8. The van der Waals surface area contributed by atoms with Crippen LogP contribution in [0.2, 0.25) is 0 Å². The van der Waals surface area contributed by atoms with Crippen molar-refractivity contribution in [3.05, 3.63) is 0 Å². The van der Waals surface area contributed by atoms with Crippen molar-refractivity contribution in [3.63, 3.8) is 0 Å². The Morgan fingerprint density at radius 2 is 2.11 bits per heavy atom. The zero-order valence-corrected chi connectivity index (χ0v) is 11.2. The van der Waals surface area contributed by atoms with E-state index in [1.165, 1.54) is 0 Å². The third-order valence-electron chi connectivity index (χ3n) is 3.93. The highest BCUT2D eigenvalue weighted by Gasteiger charge is 2.27. The molecule has 1 heterocycles. The summed E-state index contributed by atoms with van der Waals surface area (Å²) in [5.41, 5.74) is 0. The average Bonchev–Trinajstić information content (AvgIpc) is 2.76. The molecule has 0 aromatic heterocycles. The fourth-order valence-electron chi connectivity index (χ4n) is 2.84. The Balaban J connectivity index is 1.72. The summed E-state index contributed by atoms with van der Waals surface area (Å²) in [6.45, 7) is 3.98. The van der Waals surface area contributed by atoms with Crippen LogP contribution < -0.4 is 0 Å². The molecule has 1 aliphatic heterocycles. The molecule has 2 fully saturated rings. The third kappa shape index (κ3) is 3.67. The summed E-state index contributed by atoms with van der Waals surface area (Å²) in [6, 6.07) is 0. The van der Waals surface area contributed by atoms with Crippen LogP contribution in [0.5, 0.6) is 0 Å². The van der Waals surface area contributed by atoms with Gasteiger partial charge in [0.05, 0.1) is 25.9 Å². The van der Waals surface area contributed by atoms with Crippen molar-refractivity contribution in [1.82, 2.24) is 9.80 Å². The predicted octanol–water partition coefficient (Wildman–Crippen LogP) is -0.0620. The number of hydrogen-bond acceptors (Lipinski definition) is 4. The monoisotopic (exact) mass is 256 g/mol. The molecule has 2 unspecified atom stereocenters. The first-order valence-electron chi connectivity index (χ1n) is 6.89. The molecule has 18 heavy (non-hydrogen) atoms. The number of morpholine rings is 1. The summed E-state index contributed by atoms with van der Waals surface area (Å²) in [6.07, 6.45) is 2.93. The van der Waals surface area contributed by atoms with Gasteiger partial charge in [-0.15, -0.1) is 0 Å². The minimum atomic E-state index is -0.175. The van der Waals surface area contributed by atoms with E-state index >= 15 is 0 Å². The van der Waals surface area contributed by atoms with Gasteiger partial charge < -0.3 is 14.7 Å². The maximum absolute atomic E-state index is 12.0. The van der Waals surface area contributed by atoms with E-state index in [0.29, 0.717) is 38.8 Å². The summed E-state index contributed by atoms with van der Waals surface area (Å²) in [5.74, 6) is 0.515. The van der Waals surface area contributed by atoms with Crippen LogP contribution in [-0.4, -0.2) is 73.4 Å². The van der Waals surface area contributed by atoms with Crippen molar-refractivity contribution in [2.45, 2.75) is 25.4 Å². The zero-order valence-electron chi connectivity index (χ0n) is 11.2. The molecule has 1 aliphatic carbocycles. The van der Waals surface area contributed by atoms with E-state index in [4.69, 9.17) is 4.74 Å². The lowest BCUT2D eigenvalue weighted by molar-refractivity contribution is -0.136. The van der Waals surface area contributed by atoms with Crippen LogP contribution in [0.1, 0.15) is 19.3 Å². The molecular weight excluding hydrogens is 232 g/mol. The number of ether oxygens (including phenoxy) is 1. The highest BCUT2D eigenvalue weighted by molar-refractivity contribution is 5.78. The third-order valence-corrected chi connectivity index (χ3v) is 3.93. The molecule has 0 radical (unpaired) electrons. The number of aliphatic hydroxyl groups is 1. The van der Waals surface area contributed by atoms with Gasteiger partial charge in [0.1, 0.15) is 0 Å². The van der Waals surface area contributed by atoms with E-state index in [0.717, 1.165) is 25.8 Å². The number of aliphatic hydroxyl groups excluding tert-OH is 1. The predicted molar refractivity (Wildman–Crippen MR) is 68.2 cm³/mol. The van der Waals surface area contributed by atoms with Gasteiger partial charge in [0.25, 0.3) is 0 Å². The maximum Gasteiger partial charge on any atom is 0.236 e. The summed E-state index contributed by atoms with van der Waals surface area (Å²) in [7, 11) is 1.96. The Morgan fingerprint density at radius 1 is 1.39 bits per heavy atom. The average molecular weight is 256 g/mol.